The fraction of sp³-hybridized carbons (Fsp3) is 0.500. The van der Waals surface area contributed by atoms with Gasteiger partial charge in [0.2, 0.25) is 15.9 Å². The van der Waals surface area contributed by atoms with Crippen LogP contribution in [0.2, 0.25) is 0 Å². The number of benzene rings is 1. The lowest BCUT2D eigenvalue weighted by Gasteiger charge is -2.13. The number of nitrogens with two attached hydrogens (primary N) is 1. The molecule has 1 aromatic carbocycles. The average molecular weight is 329 g/mol. The number of methoxy groups -OCH3 is 1. The van der Waals surface area contributed by atoms with Gasteiger partial charge in [0, 0.05) is 24.2 Å². The first kappa shape index (κ1) is 18.2. The maximum atomic E-state index is 11.8. The average Bonchev–Trinajstić information content (AvgIpc) is 2.46. The van der Waals surface area contributed by atoms with Crippen molar-refractivity contribution in [2.45, 2.75) is 32.7 Å². The highest BCUT2D eigenvalue weighted by molar-refractivity contribution is 7.92. The first-order chi connectivity index (χ1) is 10.3. The molecular formula is C14H23N3O4S. The molecule has 0 fully saturated rings. The minimum absolute atomic E-state index is 0.0358. The van der Waals surface area contributed by atoms with Crippen LogP contribution >= 0.6 is 0 Å². The van der Waals surface area contributed by atoms with Crippen LogP contribution in [0.5, 0.6) is 5.75 Å². The summed E-state index contributed by atoms with van der Waals surface area (Å²) in [6, 6.07) is 4.69. The molecule has 1 unspecified atom stereocenters. The summed E-state index contributed by atoms with van der Waals surface area (Å²) in [6.45, 7) is 3.38. The zero-order chi connectivity index (χ0) is 16.8. The molecule has 22 heavy (non-hydrogen) atoms. The maximum absolute atomic E-state index is 11.8. The lowest BCUT2D eigenvalue weighted by Crippen LogP contribution is -2.19. The van der Waals surface area contributed by atoms with Gasteiger partial charge in [-0.2, -0.15) is 0 Å². The molecule has 0 radical (unpaired) electrons. The van der Waals surface area contributed by atoms with Crippen LogP contribution in [-0.2, 0) is 14.8 Å². The normalized spacial score (nSPS) is 12.5. The number of carbonyl (C=O) groups excluding carboxylic acids is 1. The number of ether oxygens (including phenoxy) is 1. The van der Waals surface area contributed by atoms with Gasteiger partial charge in [-0.15, -0.1) is 0 Å². The Morgan fingerprint density at radius 3 is 2.64 bits per heavy atom. The smallest absolute Gasteiger partial charge is 0.232 e. The van der Waals surface area contributed by atoms with Gasteiger partial charge in [0.15, 0.2) is 0 Å². The summed E-state index contributed by atoms with van der Waals surface area (Å²) in [5, 5.41) is 2.72. The van der Waals surface area contributed by atoms with Crippen LogP contribution in [0.3, 0.4) is 0 Å². The molecule has 1 amide bonds. The van der Waals surface area contributed by atoms with E-state index in [1.807, 2.05) is 6.92 Å². The summed E-state index contributed by atoms with van der Waals surface area (Å²) in [6.07, 6.45) is 0.918. The second-order valence-electron chi connectivity index (χ2n) is 4.98. The SMILES string of the molecule is CCS(=O)(=O)Nc1ccc(NC(=O)CCC(C)N)cc1OC. The summed E-state index contributed by atoms with van der Waals surface area (Å²) in [5.41, 5.74) is 6.47. The van der Waals surface area contributed by atoms with Crippen LogP contribution < -0.4 is 20.5 Å². The molecule has 0 aliphatic rings. The van der Waals surface area contributed by atoms with Crippen LogP contribution in [0.15, 0.2) is 18.2 Å². The second kappa shape index (κ2) is 8.00. The van der Waals surface area contributed by atoms with Crippen LogP contribution in [0.1, 0.15) is 26.7 Å². The third-order valence-electron chi connectivity index (χ3n) is 2.96. The standard InChI is InChI=1S/C14H23N3O4S/c1-4-22(19,20)17-12-7-6-11(9-13(12)21-3)16-14(18)8-5-10(2)15/h6-7,9-10,17H,4-5,8,15H2,1-3H3,(H,16,18). The number of amides is 1. The van der Waals surface area contributed by atoms with E-state index < -0.39 is 10.0 Å². The molecule has 0 bridgehead atoms. The van der Waals surface area contributed by atoms with Crippen molar-refractivity contribution in [3.05, 3.63) is 18.2 Å². The van der Waals surface area contributed by atoms with E-state index in [1.54, 1.807) is 25.1 Å². The highest BCUT2D eigenvalue weighted by Gasteiger charge is 2.12. The van der Waals surface area contributed by atoms with Crippen LogP contribution in [-0.4, -0.2) is 33.2 Å². The Bertz CT molecular complexity index is 615. The summed E-state index contributed by atoms with van der Waals surface area (Å²) in [5.74, 6) is 0.148. The third-order valence-corrected chi connectivity index (χ3v) is 4.25. The largest absolute Gasteiger partial charge is 0.494 e. The third kappa shape index (κ3) is 5.90. The van der Waals surface area contributed by atoms with Gasteiger partial charge in [-0.3, -0.25) is 9.52 Å². The van der Waals surface area contributed by atoms with Crippen molar-refractivity contribution in [2.75, 3.05) is 22.9 Å². The van der Waals surface area contributed by atoms with Crippen LogP contribution in [0.4, 0.5) is 11.4 Å². The molecule has 1 rings (SSSR count). The number of anilines is 2. The van der Waals surface area contributed by atoms with Crippen molar-refractivity contribution >= 4 is 27.3 Å². The Kier molecular flexibility index (Phi) is 6.63. The monoisotopic (exact) mass is 329 g/mol. The topological polar surface area (TPSA) is 111 Å². The van der Waals surface area contributed by atoms with E-state index in [0.717, 1.165) is 0 Å². The van der Waals surface area contributed by atoms with E-state index in [4.69, 9.17) is 10.5 Å². The molecule has 0 aliphatic carbocycles. The number of sulfonamides is 1. The van der Waals surface area contributed by atoms with E-state index in [9.17, 15) is 13.2 Å². The molecule has 124 valence electrons. The molecule has 8 heteroatoms. The van der Waals surface area contributed by atoms with Gasteiger partial charge >= 0.3 is 0 Å². The quantitative estimate of drug-likeness (QED) is 0.670. The Balaban J connectivity index is 2.82. The molecule has 0 aromatic heterocycles. The van der Waals surface area contributed by atoms with Gasteiger partial charge in [0.1, 0.15) is 5.75 Å². The van der Waals surface area contributed by atoms with Gasteiger partial charge in [-0.25, -0.2) is 8.42 Å². The van der Waals surface area contributed by atoms with Gasteiger partial charge in [0.05, 0.1) is 18.6 Å². The first-order valence-electron chi connectivity index (χ1n) is 7.01. The molecule has 4 N–H and O–H groups in total. The van der Waals surface area contributed by atoms with Crippen molar-refractivity contribution in [2.24, 2.45) is 5.73 Å². The maximum Gasteiger partial charge on any atom is 0.232 e. The first-order valence-corrected chi connectivity index (χ1v) is 8.66. The van der Waals surface area contributed by atoms with Crippen molar-refractivity contribution < 1.29 is 17.9 Å². The van der Waals surface area contributed by atoms with E-state index >= 15 is 0 Å². The number of rotatable bonds is 8. The van der Waals surface area contributed by atoms with Crippen molar-refractivity contribution in [3.8, 4) is 5.75 Å². The van der Waals surface area contributed by atoms with Crippen molar-refractivity contribution in [1.29, 1.82) is 0 Å². The molecule has 0 heterocycles. The Morgan fingerprint density at radius 2 is 2.09 bits per heavy atom. The lowest BCUT2D eigenvalue weighted by atomic mass is 10.2. The Morgan fingerprint density at radius 1 is 1.41 bits per heavy atom. The fourth-order valence-electron chi connectivity index (χ4n) is 1.68. The summed E-state index contributed by atoms with van der Waals surface area (Å²) < 4.78 is 30.8. The van der Waals surface area contributed by atoms with Gasteiger partial charge in [-0.05, 0) is 32.4 Å². The van der Waals surface area contributed by atoms with E-state index in [-0.39, 0.29) is 17.7 Å². The minimum atomic E-state index is -3.39. The number of nitrogens with one attached hydrogen (secondary N) is 2. The second-order valence-corrected chi connectivity index (χ2v) is 7.00. The van der Waals surface area contributed by atoms with E-state index in [2.05, 4.69) is 10.0 Å². The van der Waals surface area contributed by atoms with Crippen LogP contribution in [0, 0.1) is 0 Å². The Labute approximate surface area is 131 Å². The molecule has 0 aliphatic heterocycles. The predicted octanol–water partition coefficient (Wildman–Crippen LogP) is 1.52. The number of hydrogen-bond acceptors (Lipinski definition) is 5. The zero-order valence-corrected chi connectivity index (χ0v) is 13.9. The zero-order valence-electron chi connectivity index (χ0n) is 13.0. The summed E-state index contributed by atoms with van der Waals surface area (Å²) in [7, 11) is -1.96. The highest BCUT2D eigenvalue weighted by atomic mass is 32.2. The number of carbonyl (C=O) groups is 1. The van der Waals surface area contributed by atoms with Crippen LogP contribution in [0.25, 0.3) is 0 Å². The Hall–Kier alpha value is -1.80. The molecule has 0 saturated carbocycles. The van der Waals surface area contributed by atoms with Crippen molar-refractivity contribution in [3.63, 3.8) is 0 Å². The van der Waals surface area contributed by atoms with Crippen molar-refractivity contribution in [1.82, 2.24) is 0 Å². The van der Waals surface area contributed by atoms with E-state index in [1.165, 1.54) is 7.11 Å². The minimum Gasteiger partial charge on any atom is -0.494 e. The molecule has 1 atom stereocenters. The lowest BCUT2D eigenvalue weighted by molar-refractivity contribution is -0.116. The van der Waals surface area contributed by atoms with Gasteiger partial charge < -0.3 is 15.8 Å². The fourth-order valence-corrected chi connectivity index (χ4v) is 2.32. The molecule has 7 nitrogen and oxygen atoms in total. The highest BCUT2D eigenvalue weighted by Crippen LogP contribution is 2.29. The van der Waals surface area contributed by atoms with Gasteiger partial charge in [-0.1, -0.05) is 0 Å². The van der Waals surface area contributed by atoms with Gasteiger partial charge in [0.25, 0.3) is 0 Å². The molecule has 0 spiro atoms. The molecular weight excluding hydrogens is 306 g/mol. The number of hydrogen-bond donors (Lipinski definition) is 3. The molecule has 1 aromatic rings. The summed E-state index contributed by atoms with van der Waals surface area (Å²) >= 11 is 0. The summed E-state index contributed by atoms with van der Waals surface area (Å²) in [4.78, 5) is 11.8. The van der Waals surface area contributed by atoms with E-state index in [0.29, 0.717) is 30.0 Å². The predicted molar refractivity (Wildman–Crippen MR) is 87.6 cm³/mol. The molecule has 0 saturated heterocycles.